The zero-order valence-corrected chi connectivity index (χ0v) is 11.6. The fourth-order valence-electron chi connectivity index (χ4n) is 2.42. The topological polar surface area (TPSA) is 54.5 Å². The first kappa shape index (κ1) is 13.8. The molecule has 1 saturated heterocycles. The number of carbonyl (C=O) groups excluding carboxylic acids is 1. The SMILES string of the molecule is CCOC(=O)c1cccnc1N1CCCC(NC)C1. The Morgan fingerprint density at radius 1 is 1.63 bits per heavy atom. The van der Waals surface area contributed by atoms with Crippen LogP contribution in [0.2, 0.25) is 0 Å². The van der Waals surface area contributed by atoms with Gasteiger partial charge in [-0.05, 0) is 38.9 Å². The molecule has 104 valence electrons. The minimum Gasteiger partial charge on any atom is -0.462 e. The van der Waals surface area contributed by atoms with Crippen molar-refractivity contribution in [1.82, 2.24) is 10.3 Å². The van der Waals surface area contributed by atoms with Gasteiger partial charge in [0.25, 0.3) is 0 Å². The summed E-state index contributed by atoms with van der Waals surface area (Å²) in [6.07, 6.45) is 3.99. The summed E-state index contributed by atoms with van der Waals surface area (Å²) in [4.78, 5) is 18.5. The highest BCUT2D eigenvalue weighted by Crippen LogP contribution is 2.22. The summed E-state index contributed by atoms with van der Waals surface area (Å²) in [5, 5.41) is 3.29. The van der Waals surface area contributed by atoms with Crippen LogP contribution in [0.15, 0.2) is 18.3 Å². The van der Waals surface area contributed by atoms with Crippen molar-refractivity contribution in [3.05, 3.63) is 23.9 Å². The van der Waals surface area contributed by atoms with Crippen LogP contribution in [0.3, 0.4) is 0 Å². The standard InChI is InChI=1S/C14H21N3O2/c1-3-19-14(18)12-7-4-8-16-13(12)17-9-5-6-11(10-17)15-2/h4,7-8,11,15H,3,5-6,9-10H2,1-2H3. The van der Waals surface area contributed by atoms with Gasteiger partial charge in [-0.25, -0.2) is 9.78 Å². The van der Waals surface area contributed by atoms with E-state index in [1.807, 2.05) is 14.0 Å². The molecule has 2 heterocycles. The van der Waals surface area contributed by atoms with Gasteiger partial charge in [0, 0.05) is 25.3 Å². The summed E-state index contributed by atoms with van der Waals surface area (Å²) in [5.41, 5.74) is 0.557. The lowest BCUT2D eigenvalue weighted by atomic mass is 10.1. The minimum absolute atomic E-state index is 0.294. The fraction of sp³-hybridized carbons (Fsp3) is 0.571. The number of ether oxygens (including phenoxy) is 1. The molecule has 0 spiro atoms. The number of nitrogens with zero attached hydrogens (tertiary/aromatic N) is 2. The third kappa shape index (κ3) is 3.23. The predicted molar refractivity (Wildman–Crippen MR) is 74.5 cm³/mol. The second-order valence-electron chi connectivity index (χ2n) is 4.67. The van der Waals surface area contributed by atoms with Crippen molar-refractivity contribution in [3.63, 3.8) is 0 Å². The Bertz CT molecular complexity index is 436. The molecule has 5 heteroatoms. The number of rotatable bonds is 4. The van der Waals surface area contributed by atoms with Gasteiger partial charge in [0.05, 0.1) is 6.61 Å². The number of pyridine rings is 1. The fourth-order valence-corrected chi connectivity index (χ4v) is 2.42. The number of carbonyl (C=O) groups is 1. The average Bonchev–Trinajstić information content (AvgIpc) is 2.47. The van der Waals surface area contributed by atoms with Crippen LogP contribution in [0.4, 0.5) is 5.82 Å². The molecule has 0 bridgehead atoms. The van der Waals surface area contributed by atoms with Crippen molar-refractivity contribution in [1.29, 1.82) is 0 Å². The second-order valence-corrected chi connectivity index (χ2v) is 4.67. The molecule has 5 nitrogen and oxygen atoms in total. The van der Waals surface area contributed by atoms with Crippen LogP contribution in [0.1, 0.15) is 30.1 Å². The lowest BCUT2D eigenvalue weighted by Gasteiger charge is -2.34. The van der Waals surface area contributed by atoms with Crippen molar-refractivity contribution in [2.24, 2.45) is 0 Å². The van der Waals surface area contributed by atoms with E-state index in [0.717, 1.165) is 31.7 Å². The van der Waals surface area contributed by atoms with Crippen molar-refractivity contribution in [2.45, 2.75) is 25.8 Å². The Labute approximate surface area is 114 Å². The molecule has 1 aromatic heterocycles. The number of aromatic nitrogens is 1. The highest BCUT2D eigenvalue weighted by Gasteiger charge is 2.24. The van der Waals surface area contributed by atoms with E-state index in [2.05, 4.69) is 15.2 Å². The van der Waals surface area contributed by atoms with E-state index in [4.69, 9.17) is 4.74 Å². The Morgan fingerprint density at radius 2 is 2.47 bits per heavy atom. The predicted octanol–water partition coefficient (Wildman–Crippen LogP) is 1.45. The third-order valence-electron chi connectivity index (χ3n) is 3.41. The molecule has 0 saturated carbocycles. The maximum atomic E-state index is 12.0. The monoisotopic (exact) mass is 263 g/mol. The molecule has 1 unspecified atom stereocenters. The summed E-state index contributed by atoms with van der Waals surface area (Å²) in [7, 11) is 1.97. The van der Waals surface area contributed by atoms with Crippen LogP contribution in [0.25, 0.3) is 0 Å². The smallest absolute Gasteiger partial charge is 0.341 e. The molecular formula is C14H21N3O2. The highest BCUT2D eigenvalue weighted by atomic mass is 16.5. The van der Waals surface area contributed by atoms with E-state index in [-0.39, 0.29) is 5.97 Å². The van der Waals surface area contributed by atoms with E-state index in [0.29, 0.717) is 18.2 Å². The number of piperidine rings is 1. The summed E-state index contributed by atoms with van der Waals surface area (Å²) in [5.74, 6) is 0.443. The number of likely N-dealkylation sites (N-methyl/N-ethyl adjacent to an activating group) is 1. The maximum Gasteiger partial charge on any atom is 0.341 e. The van der Waals surface area contributed by atoms with Gasteiger partial charge in [-0.15, -0.1) is 0 Å². The summed E-state index contributed by atoms with van der Waals surface area (Å²) in [6.45, 7) is 4.00. The van der Waals surface area contributed by atoms with Crippen LogP contribution >= 0.6 is 0 Å². The largest absolute Gasteiger partial charge is 0.462 e. The summed E-state index contributed by atoms with van der Waals surface area (Å²) in [6, 6.07) is 4.00. The molecule has 1 aromatic rings. The second kappa shape index (κ2) is 6.52. The first-order valence-corrected chi connectivity index (χ1v) is 6.80. The normalized spacial score (nSPS) is 19.3. The number of nitrogens with one attached hydrogen (secondary N) is 1. The maximum absolute atomic E-state index is 12.0. The molecule has 0 amide bonds. The van der Waals surface area contributed by atoms with E-state index in [9.17, 15) is 4.79 Å². The van der Waals surface area contributed by atoms with Crippen LogP contribution < -0.4 is 10.2 Å². The zero-order chi connectivity index (χ0) is 13.7. The lowest BCUT2D eigenvalue weighted by molar-refractivity contribution is 0.0526. The van der Waals surface area contributed by atoms with Crippen molar-refractivity contribution >= 4 is 11.8 Å². The van der Waals surface area contributed by atoms with E-state index >= 15 is 0 Å². The molecule has 1 fully saturated rings. The Balaban J connectivity index is 2.21. The molecule has 0 aromatic carbocycles. The number of hydrogen-bond donors (Lipinski definition) is 1. The Hall–Kier alpha value is -1.62. The van der Waals surface area contributed by atoms with Gasteiger partial charge >= 0.3 is 5.97 Å². The first-order chi connectivity index (χ1) is 9.26. The summed E-state index contributed by atoms with van der Waals surface area (Å²) >= 11 is 0. The molecule has 1 aliphatic rings. The van der Waals surface area contributed by atoms with Crippen molar-refractivity contribution in [2.75, 3.05) is 31.6 Å². The highest BCUT2D eigenvalue weighted by molar-refractivity contribution is 5.94. The number of hydrogen-bond acceptors (Lipinski definition) is 5. The van der Waals surface area contributed by atoms with E-state index < -0.39 is 0 Å². The van der Waals surface area contributed by atoms with Gasteiger partial charge in [0.1, 0.15) is 11.4 Å². The molecule has 1 aliphatic heterocycles. The van der Waals surface area contributed by atoms with Crippen molar-refractivity contribution in [3.8, 4) is 0 Å². The van der Waals surface area contributed by atoms with Crippen LogP contribution in [0, 0.1) is 0 Å². The first-order valence-electron chi connectivity index (χ1n) is 6.80. The van der Waals surface area contributed by atoms with Gasteiger partial charge in [-0.3, -0.25) is 0 Å². The molecule has 0 radical (unpaired) electrons. The van der Waals surface area contributed by atoms with Gasteiger partial charge in [0.15, 0.2) is 0 Å². The summed E-state index contributed by atoms with van der Waals surface area (Å²) < 4.78 is 5.09. The van der Waals surface area contributed by atoms with E-state index in [1.54, 1.807) is 18.3 Å². The Kier molecular flexibility index (Phi) is 4.74. The van der Waals surface area contributed by atoms with Gasteiger partial charge in [0.2, 0.25) is 0 Å². The van der Waals surface area contributed by atoms with Crippen molar-refractivity contribution < 1.29 is 9.53 Å². The third-order valence-corrected chi connectivity index (χ3v) is 3.41. The molecule has 0 aliphatic carbocycles. The lowest BCUT2D eigenvalue weighted by Crippen LogP contribution is -2.45. The van der Waals surface area contributed by atoms with Gasteiger partial charge < -0.3 is 15.0 Å². The van der Waals surface area contributed by atoms with Gasteiger partial charge in [-0.1, -0.05) is 0 Å². The van der Waals surface area contributed by atoms with Crippen LogP contribution in [0.5, 0.6) is 0 Å². The molecule has 1 N–H and O–H groups in total. The minimum atomic E-state index is -0.294. The zero-order valence-electron chi connectivity index (χ0n) is 11.6. The quantitative estimate of drug-likeness (QED) is 0.833. The molecular weight excluding hydrogens is 242 g/mol. The Morgan fingerprint density at radius 3 is 3.21 bits per heavy atom. The molecule has 19 heavy (non-hydrogen) atoms. The van der Waals surface area contributed by atoms with Crippen LogP contribution in [-0.4, -0.2) is 43.7 Å². The molecule has 2 rings (SSSR count). The van der Waals surface area contributed by atoms with Crippen LogP contribution in [-0.2, 0) is 4.74 Å². The average molecular weight is 263 g/mol. The number of esters is 1. The molecule has 1 atom stereocenters. The van der Waals surface area contributed by atoms with E-state index in [1.165, 1.54) is 0 Å². The van der Waals surface area contributed by atoms with Gasteiger partial charge in [-0.2, -0.15) is 0 Å². The number of anilines is 1.